The molecule has 0 aliphatic carbocycles. The fourth-order valence-electron chi connectivity index (χ4n) is 3.65. The fraction of sp³-hybridized carbons (Fsp3) is 0.391. The highest BCUT2D eigenvalue weighted by Gasteiger charge is 2.30. The lowest BCUT2D eigenvalue weighted by Gasteiger charge is -2.31. The Morgan fingerprint density at radius 1 is 1.00 bits per heavy atom. The quantitative estimate of drug-likeness (QED) is 0.540. The fourth-order valence-corrected chi connectivity index (χ4v) is 5.36. The molecule has 1 fully saturated rings. The van der Waals surface area contributed by atoms with Crippen LogP contribution in [0.2, 0.25) is 10.0 Å². The third kappa shape index (κ3) is 5.17. The molecule has 32 heavy (non-hydrogen) atoms. The van der Waals surface area contributed by atoms with E-state index < -0.39 is 10.0 Å². The number of ketones is 1. The topological polar surface area (TPSA) is 74.8 Å². The van der Waals surface area contributed by atoms with Crippen LogP contribution in [-0.4, -0.2) is 55.5 Å². The molecule has 0 aromatic heterocycles. The Labute approximate surface area is 199 Å². The minimum absolute atomic E-state index is 0.0134. The Morgan fingerprint density at radius 3 is 2.25 bits per heavy atom. The Balaban J connectivity index is 1.69. The van der Waals surface area contributed by atoms with Gasteiger partial charge in [0.15, 0.2) is 5.78 Å². The summed E-state index contributed by atoms with van der Waals surface area (Å²) in [6, 6.07) is 10.7. The second-order valence-corrected chi connectivity index (χ2v) is 11.0. The van der Waals surface area contributed by atoms with Crippen LogP contribution in [0.3, 0.4) is 0 Å². The highest BCUT2D eigenvalue weighted by atomic mass is 35.5. The standard InChI is InChI=1S/C23H26Cl2N2O4S/c1-15(2)26(3)32(30,31)19-6-4-5-18(13-19)23(29)27-11-9-16(10-12-27)22(28)17-7-8-20(24)21(25)14-17/h4-8,13-16H,9-12H2,1-3H3. The molecule has 9 heteroatoms. The smallest absolute Gasteiger partial charge is 0.253 e. The monoisotopic (exact) mass is 496 g/mol. The van der Waals surface area contributed by atoms with E-state index in [2.05, 4.69) is 0 Å². The average molecular weight is 497 g/mol. The molecule has 0 radical (unpaired) electrons. The molecular formula is C23H26Cl2N2O4S. The van der Waals surface area contributed by atoms with E-state index in [4.69, 9.17) is 23.2 Å². The van der Waals surface area contributed by atoms with Crippen LogP contribution in [0.25, 0.3) is 0 Å². The van der Waals surface area contributed by atoms with Crippen molar-refractivity contribution in [3.8, 4) is 0 Å². The number of amides is 1. The minimum Gasteiger partial charge on any atom is -0.339 e. The van der Waals surface area contributed by atoms with Crippen molar-refractivity contribution in [2.24, 2.45) is 5.92 Å². The third-order valence-corrected chi connectivity index (χ3v) is 8.61. The van der Waals surface area contributed by atoms with Gasteiger partial charge in [0.25, 0.3) is 5.91 Å². The van der Waals surface area contributed by atoms with Crippen LogP contribution in [0.1, 0.15) is 47.4 Å². The number of rotatable bonds is 6. The zero-order valence-electron chi connectivity index (χ0n) is 18.2. The number of sulfonamides is 1. The summed E-state index contributed by atoms with van der Waals surface area (Å²) in [7, 11) is -2.17. The molecule has 1 saturated heterocycles. The van der Waals surface area contributed by atoms with Crippen LogP contribution in [0.15, 0.2) is 47.4 Å². The van der Waals surface area contributed by atoms with Crippen LogP contribution in [-0.2, 0) is 10.0 Å². The van der Waals surface area contributed by atoms with E-state index in [9.17, 15) is 18.0 Å². The lowest BCUT2D eigenvalue weighted by Crippen LogP contribution is -2.40. The predicted molar refractivity (Wildman–Crippen MR) is 126 cm³/mol. The summed E-state index contributed by atoms with van der Waals surface area (Å²) in [6.07, 6.45) is 1.05. The Kier molecular flexibility index (Phi) is 7.65. The van der Waals surface area contributed by atoms with Gasteiger partial charge in [-0.15, -0.1) is 0 Å². The zero-order valence-corrected chi connectivity index (χ0v) is 20.5. The van der Waals surface area contributed by atoms with E-state index in [1.54, 1.807) is 49.1 Å². The molecule has 0 saturated carbocycles. The summed E-state index contributed by atoms with van der Waals surface area (Å²) >= 11 is 12.0. The van der Waals surface area contributed by atoms with E-state index in [1.807, 2.05) is 0 Å². The number of carbonyl (C=O) groups excluding carboxylic acids is 2. The lowest BCUT2D eigenvalue weighted by molar-refractivity contribution is 0.0650. The first-order chi connectivity index (χ1) is 15.0. The Morgan fingerprint density at radius 2 is 1.66 bits per heavy atom. The van der Waals surface area contributed by atoms with Crippen molar-refractivity contribution in [3.05, 3.63) is 63.6 Å². The van der Waals surface area contributed by atoms with Crippen molar-refractivity contribution in [3.63, 3.8) is 0 Å². The van der Waals surface area contributed by atoms with Gasteiger partial charge in [0.05, 0.1) is 14.9 Å². The summed E-state index contributed by atoms with van der Waals surface area (Å²) in [5.74, 6) is -0.460. The van der Waals surface area contributed by atoms with Crippen molar-refractivity contribution in [1.82, 2.24) is 9.21 Å². The summed E-state index contributed by atoms with van der Waals surface area (Å²) in [5.41, 5.74) is 0.828. The molecule has 0 bridgehead atoms. The third-order valence-electron chi connectivity index (χ3n) is 5.84. The van der Waals surface area contributed by atoms with Gasteiger partial charge >= 0.3 is 0 Å². The maximum atomic E-state index is 13.0. The normalized spacial score (nSPS) is 15.4. The van der Waals surface area contributed by atoms with Crippen molar-refractivity contribution in [2.45, 2.75) is 37.6 Å². The number of nitrogens with zero attached hydrogens (tertiary/aromatic N) is 2. The van der Waals surface area contributed by atoms with E-state index >= 15 is 0 Å². The summed E-state index contributed by atoms with van der Waals surface area (Å²) in [5, 5.41) is 0.732. The van der Waals surface area contributed by atoms with Crippen LogP contribution in [0.4, 0.5) is 0 Å². The molecule has 0 unspecified atom stereocenters. The molecule has 0 spiro atoms. The van der Waals surface area contributed by atoms with Crippen molar-refractivity contribution in [2.75, 3.05) is 20.1 Å². The molecule has 6 nitrogen and oxygen atoms in total. The SMILES string of the molecule is CC(C)N(C)S(=O)(=O)c1cccc(C(=O)N2CCC(C(=O)c3ccc(Cl)c(Cl)c3)CC2)c1. The van der Waals surface area contributed by atoms with Crippen LogP contribution in [0.5, 0.6) is 0 Å². The van der Waals surface area contributed by atoms with E-state index in [0.717, 1.165) is 0 Å². The molecule has 1 amide bonds. The summed E-state index contributed by atoms with van der Waals surface area (Å²) < 4.78 is 26.8. The number of likely N-dealkylation sites (tertiary alicyclic amines) is 1. The molecule has 2 aromatic rings. The first-order valence-electron chi connectivity index (χ1n) is 10.4. The second-order valence-electron chi connectivity index (χ2n) is 8.20. The molecule has 1 aliphatic rings. The lowest BCUT2D eigenvalue weighted by atomic mass is 9.88. The second kappa shape index (κ2) is 9.91. The maximum Gasteiger partial charge on any atom is 0.253 e. The van der Waals surface area contributed by atoms with E-state index in [-0.39, 0.29) is 28.5 Å². The molecule has 1 heterocycles. The number of hydrogen-bond donors (Lipinski definition) is 0. The van der Waals surface area contributed by atoms with Crippen molar-refractivity contribution < 1.29 is 18.0 Å². The van der Waals surface area contributed by atoms with Gasteiger partial charge in [0.1, 0.15) is 0 Å². The van der Waals surface area contributed by atoms with Gasteiger partial charge in [-0.25, -0.2) is 8.42 Å². The van der Waals surface area contributed by atoms with E-state index in [0.29, 0.717) is 47.1 Å². The van der Waals surface area contributed by atoms with Crippen LogP contribution >= 0.6 is 23.2 Å². The van der Waals surface area contributed by atoms with E-state index in [1.165, 1.54) is 23.5 Å². The van der Waals surface area contributed by atoms with Gasteiger partial charge in [0.2, 0.25) is 10.0 Å². The van der Waals surface area contributed by atoms with Crippen LogP contribution in [0, 0.1) is 5.92 Å². The van der Waals surface area contributed by atoms with Gasteiger partial charge in [0, 0.05) is 43.2 Å². The first kappa shape index (κ1) is 24.7. The number of piperidine rings is 1. The summed E-state index contributed by atoms with van der Waals surface area (Å²) in [4.78, 5) is 27.6. The van der Waals surface area contributed by atoms with Gasteiger partial charge in [-0.2, -0.15) is 4.31 Å². The molecule has 0 atom stereocenters. The van der Waals surface area contributed by atoms with Gasteiger partial charge < -0.3 is 4.90 Å². The maximum absolute atomic E-state index is 13.0. The highest BCUT2D eigenvalue weighted by Crippen LogP contribution is 2.28. The molecule has 0 N–H and O–H groups in total. The Bertz CT molecular complexity index is 1130. The largest absolute Gasteiger partial charge is 0.339 e. The number of hydrogen-bond acceptors (Lipinski definition) is 4. The molecule has 1 aliphatic heterocycles. The van der Waals surface area contributed by atoms with Gasteiger partial charge in [-0.1, -0.05) is 29.3 Å². The van der Waals surface area contributed by atoms with Crippen molar-refractivity contribution in [1.29, 1.82) is 0 Å². The molecular weight excluding hydrogens is 471 g/mol. The average Bonchev–Trinajstić information content (AvgIpc) is 2.79. The van der Waals surface area contributed by atoms with Gasteiger partial charge in [-0.05, 0) is 63.1 Å². The molecule has 2 aromatic carbocycles. The number of benzene rings is 2. The zero-order chi connectivity index (χ0) is 23.6. The number of Topliss-reactive ketones (excluding diaryl/α,β-unsaturated/α-hetero) is 1. The number of halogens is 2. The van der Waals surface area contributed by atoms with Gasteiger partial charge in [-0.3, -0.25) is 9.59 Å². The van der Waals surface area contributed by atoms with Crippen LogP contribution < -0.4 is 0 Å². The number of carbonyl (C=O) groups is 2. The van der Waals surface area contributed by atoms with Crippen molar-refractivity contribution >= 4 is 44.9 Å². The summed E-state index contributed by atoms with van der Waals surface area (Å²) in [6.45, 7) is 4.41. The Hall–Kier alpha value is -1.93. The molecule has 3 rings (SSSR count). The minimum atomic E-state index is -3.68. The molecule has 172 valence electrons. The highest BCUT2D eigenvalue weighted by molar-refractivity contribution is 7.89. The predicted octanol–water partition coefficient (Wildman–Crippen LogP) is 4.76. The first-order valence-corrected chi connectivity index (χ1v) is 12.6.